The van der Waals surface area contributed by atoms with Crippen molar-refractivity contribution in [2.75, 3.05) is 0 Å². The third-order valence-corrected chi connectivity index (χ3v) is 3.06. The molecule has 0 amide bonds. The molecule has 0 bridgehead atoms. The summed E-state index contributed by atoms with van der Waals surface area (Å²) in [7, 11) is 0. The second kappa shape index (κ2) is 5.33. The minimum absolute atomic E-state index is 0.111. The Bertz CT molecular complexity index is 396. The predicted octanol–water partition coefficient (Wildman–Crippen LogP) is 3.78. The van der Waals surface area contributed by atoms with Gasteiger partial charge in [0.1, 0.15) is 5.78 Å². The van der Waals surface area contributed by atoms with Gasteiger partial charge in [-0.05, 0) is 6.42 Å². The van der Waals surface area contributed by atoms with Crippen LogP contribution in [0.1, 0.15) is 33.6 Å². The molecule has 20 heavy (non-hydrogen) atoms. The van der Waals surface area contributed by atoms with Crippen molar-refractivity contribution in [1.29, 1.82) is 0 Å². The highest BCUT2D eigenvalue weighted by atomic mass is 19.4. The van der Waals surface area contributed by atoms with E-state index in [9.17, 15) is 40.3 Å². The van der Waals surface area contributed by atoms with Crippen LogP contribution in [0.5, 0.6) is 0 Å². The van der Waals surface area contributed by atoms with Gasteiger partial charge >= 0.3 is 18.0 Å². The first-order chi connectivity index (χ1) is 8.61. The zero-order valence-corrected chi connectivity index (χ0v) is 10.9. The Morgan fingerprint density at radius 3 is 1.55 bits per heavy atom. The molecule has 0 atom stereocenters. The summed E-state index contributed by atoms with van der Waals surface area (Å²) in [5, 5.41) is 0. The minimum Gasteiger partial charge on any atom is -0.299 e. The number of hydrogen-bond donors (Lipinski definition) is 0. The SMILES string of the molecule is CCC(C)(C)C(=O)CC(=O)C(F)(F)C(F)(F)C(F)(F)F. The van der Waals surface area contributed by atoms with Crippen LogP contribution in [-0.4, -0.2) is 29.6 Å². The minimum atomic E-state index is -6.59. The molecule has 0 aliphatic carbocycles. The van der Waals surface area contributed by atoms with E-state index in [0.717, 1.165) is 0 Å². The maximum Gasteiger partial charge on any atom is 0.460 e. The molecule has 2 nitrogen and oxygen atoms in total. The number of hydrogen-bond acceptors (Lipinski definition) is 2. The van der Waals surface area contributed by atoms with E-state index in [1.165, 1.54) is 20.8 Å². The lowest BCUT2D eigenvalue weighted by Gasteiger charge is -2.28. The molecule has 0 N–H and O–H groups in total. The van der Waals surface area contributed by atoms with Gasteiger partial charge in [0.25, 0.3) is 0 Å². The monoisotopic (exact) mass is 310 g/mol. The van der Waals surface area contributed by atoms with E-state index in [0.29, 0.717) is 0 Å². The van der Waals surface area contributed by atoms with Crippen LogP contribution in [0.15, 0.2) is 0 Å². The molecular formula is C11H13F7O2. The molecule has 0 aromatic rings. The lowest BCUT2D eigenvalue weighted by molar-refractivity contribution is -0.343. The Balaban J connectivity index is 5.26. The molecule has 0 heterocycles. The molecule has 0 aliphatic rings. The number of alkyl halides is 7. The molecule has 0 fully saturated rings. The van der Waals surface area contributed by atoms with E-state index in [1.807, 2.05) is 0 Å². The standard InChI is InChI=1S/C11H13F7O2/c1-4-8(2,3)6(19)5-7(20)9(12,13)10(14,15)11(16,17)18/h4-5H2,1-3H3. The van der Waals surface area contributed by atoms with Crippen molar-refractivity contribution in [3.8, 4) is 0 Å². The number of rotatable bonds is 6. The van der Waals surface area contributed by atoms with Gasteiger partial charge in [-0.3, -0.25) is 9.59 Å². The summed E-state index contributed by atoms with van der Waals surface area (Å²) in [4.78, 5) is 22.4. The average Bonchev–Trinajstić information content (AvgIpc) is 2.26. The number of ketones is 2. The quantitative estimate of drug-likeness (QED) is 0.552. The zero-order valence-electron chi connectivity index (χ0n) is 10.9. The molecule has 0 unspecified atom stereocenters. The van der Waals surface area contributed by atoms with E-state index >= 15 is 0 Å². The molecule has 0 saturated carbocycles. The van der Waals surface area contributed by atoms with Gasteiger partial charge in [-0.25, -0.2) is 0 Å². The summed E-state index contributed by atoms with van der Waals surface area (Å²) in [6, 6.07) is 0. The van der Waals surface area contributed by atoms with E-state index in [1.54, 1.807) is 0 Å². The van der Waals surface area contributed by atoms with Crippen LogP contribution in [0, 0.1) is 5.41 Å². The van der Waals surface area contributed by atoms with Gasteiger partial charge in [0.2, 0.25) is 5.78 Å². The van der Waals surface area contributed by atoms with Crippen molar-refractivity contribution in [2.45, 2.75) is 51.6 Å². The van der Waals surface area contributed by atoms with Crippen molar-refractivity contribution < 1.29 is 40.3 Å². The van der Waals surface area contributed by atoms with Gasteiger partial charge < -0.3 is 0 Å². The molecule has 9 heteroatoms. The van der Waals surface area contributed by atoms with Gasteiger partial charge in [-0.1, -0.05) is 20.8 Å². The Labute approximate surface area is 110 Å². The Kier molecular flexibility index (Phi) is 5.02. The maximum atomic E-state index is 13.0. The van der Waals surface area contributed by atoms with E-state index in [4.69, 9.17) is 0 Å². The Morgan fingerprint density at radius 1 is 0.850 bits per heavy atom. The van der Waals surface area contributed by atoms with Crippen LogP contribution in [0.2, 0.25) is 0 Å². The molecule has 0 rings (SSSR count). The lowest BCUT2D eigenvalue weighted by atomic mass is 9.82. The second-order valence-corrected chi connectivity index (χ2v) is 4.91. The Hall–Kier alpha value is -1.15. The van der Waals surface area contributed by atoms with Crippen molar-refractivity contribution in [3.05, 3.63) is 0 Å². The summed E-state index contributed by atoms with van der Waals surface area (Å²) in [5.41, 5.74) is -1.26. The van der Waals surface area contributed by atoms with Gasteiger partial charge in [0.15, 0.2) is 0 Å². The molecule has 0 radical (unpaired) electrons. The van der Waals surface area contributed by atoms with Crippen LogP contribution in [0.25, 0.3) is 0 Å². The summed E-state index contributed by atoms with van der Waals surface area (Å²) in [5.74, 6) is -16.4. The molecule has 0 spiro atoms. The average molecular weight is 310 g/mol. The normalized spacial score (nSPS) is 14.3. The molecule has 0 aromatic carbocycles. The first-order valence-electron chi connectivity index (χ1n) is 5.50. The highest BCUT2D eigenvalue weighted by molar-refractivity contribution is 6.04. The summed E-state index contributed by atoms with van der Waals surface area (Å²) in [6.45, 7) is 4.01. The second-order valence-electron chi connectivity index (χ2n) is 4.91. The van der Waals surface area contributed by atoms with Gasteiger partial charge in [-0.15, -0.1) is 0 Å². The number of carbonyl (C=O) groups excluding carboxylic acids is 2. The van der Waals surface area contributed by atoms with Crippen molar-refractivity contribution in [2.24, 2.45) is 5.41 Å². The summed E-state index contributed by atoms with van der Waals surface area (Å²) >= 11 is 0. The number of Topliss-reactive ketones (excluding diaryl/α,β-unsaturated/α-hetero) is 2. The first-order valence-corrected chi connectivity index (χ1v) is 5.50. The van der Waals surface area contributed by atoms with Crippen molar-refractivity contribution >= 4 is 11.6 Å². The van der Waals surface area contributed by atoms with Crippen LogP contribution in [0.3, 0.4) is 0 Å². The first kappa shape index (κ1) is 18.9. The highest BCUT2D eigenvalue weighted by Crippen LogP contribution is 2.47. The Morgan fingerprint density at radius 2 is 1.25 bits per heavy atom. The topological polar surface area (TPSA) is 34.1 Å². The number of carbonyl (C=O) groups is 2. The molecule has 0 aliphatic heterocycles. The number of halogens is 7. The van der Waals surface area contributed by atoms with Gasteiger partial charge in [0.05, 0.1) is 6.42 Å². The zero-order chi connectivity index (χ0) is 16.6. The van der Waals surface area contributed by atoms with E-state index in [2.05, 4.69) is 0 Å². The van der Waals surface area contributed by atoms with Gasteiger partial charge in [0, 0.05) is 5.41 Å². The van der Waals surface area contributed by atoms with E-state index in [-0.39, 0.29) is 6.42 Å². The van der Waals surface area contributed by atoms with Crippen LogP contribution >= 0.6 is 0 Å². The molecule has 0 saturated heterocycles. The smallest absolute Gasteiger partial charge is 0.299 e. The molecular weight excluding hydrogens is 297 g/mol. The van der Waals surface area contributed by atoms with Gasteiger partial charge in [-0.2, -0.15) is 30.7 Å². The largest absolute Gasteiger partial charge is 0.460 e. The fraction of sp³-hybridized carbons (Fsp3) is 0.818. The summed E-state index contributed by atoms with van der Waals surface area (Å²) < 4.78 is 86.7. The van der Waals surface area contributed by atoms with E-state index < -0.39 is 41.4 Å². The predicted molar refractivity (Wildman–Crippen MR) is 54.7 cm³/mol. The fourth-order valence-electron chi connectivity index (χ4n) is 1.05. The fourth-order valence-corrected chi connectivity index (χ4v) is 1.05. The molecule has 118 valence electrons. The third-order valence-electron chi connectivity index (χ3n) is 3.06. The highest BCUT2D eigenvalue weighted by Gasteiger charge is 2.75. The third kappa shape index (κ3) is 3.29. The van der Waals surface area contributed by atoms with Crippen LogP contribution < -0.4 is 0 Å². The maximum absolute atomic E-state index is 13.0. The van der Waals surface area contributed by atoms with Crippen LogP contribution in [-0.2, 0) is 9.59 Å². The van der Waals surface area contributed by atoms with Crippen molar-refractivity contribution in [3.63, 3.8) is 0 Å². The summed E-state index contributed by atoms with van der Waals surface area (Å²) in [6.07, 6.45) is -8.16. The van der Waals surface area contributed by atoms with Crippen molar-refractivity contribution in [1.82, 2.24) is 0 Å². The molecule has 0 aromatic heterocycles. The lowest BCUT2D eigenvalue weighted by Crippen LogP contribution is -2.56. The van der Waals surface area contributed by atoms with Crippen LogP contribution in [0.4, 0.5) is 30.7 Å².